The minimum absolute atomic E-state index is 0.0707. The minimum atomic E-state index is -0.198. The van der Waals surface area contributed by atoms with E-state index in [1.165, 1.54) is 4.90 Å². The molecular weight excluding hydrogens is 486 g/mol. The van der Waals surface area contributed by atoms with E-state index in [-0.39, 0.29) is 23.5 Å². The number of nitrogens with zero attached hydrogens (tertiary/aromatic N) is 7. The molecule has 200 valence electrons. The maximum Gasteiger partial charge on any atom is 0.289 e. The van der Waals surface area contributed by atoms with Gasteiger partial charge in [0.15, 0.2) is 11.3 Å². The van der Waals surface area contributed by atoms with Crippen molar-refractivity contribution < 1.29 is 18.8 Å². The molecule has 1 saturated heterocycles. The fourth-order valence-electron chi connectivity index (χ4n) is 5.03. The third-order valence-corrected chi connectivity index (χ3v) is 7.18. The Balaban J connectivity index is 1.42. The summed E-state index contributed by atoms with van der Waals surface area (Å²) in [7, 11) is 3.40. The van der Waals surface area contributed by atoms with Gasteiger partial charge in [0.05, 0.1) is 18.4 Å². The third kappa shape index (κ3) is 5.27. The molecule has 0 saturated carbocycles. The Bertz CT molecular complexity index is 1370. The highest BCUT2D eigenvalue weighted by Gasteiger charge is 2.26. The highest BCUT2D eigenvalue weighted by molar-refractivity contribution is 6.00. The zero-order chi connectivity index (χ0) is 26.8. The second kappa shape index (κ2) is 10.7. The molecule has 0 bridgehead atoms. The molecule has 2 aliphatic rings. The van der Waals surface area contributed by atoms with Gasteiger partial charge >= 0.3 is 0 Å². The van der Waals surface area contributed by atoms with E-state index < -0.39 is 0 Å². The van der Waals surface area contributed by atoms with E-state index in [9.17, 15) is 14.4 Å². The van der Waals surface area contributed by atoms with Crippen LogP contribution in [0.4, 0.5) is 5.69 Å². The summed E-state index contributed by atoms with van der Waals surface area (Å²) in [5.41, 5.74) is 3.62. The lowest BCUT2D eigenvalue weighted by atomic mass is 9.98. The largest absolute Gasteiger partial charge is 0.449 e. The summed E-state index contributed by atoms with van der Waals surface area (Å²) in [6.45, 7) is 5.87. The van der Waals surface area contributed by atoms with Crippen LogP contribution in [0.25, 0.3) is 16.5 Å². The molecule has 0 aliphatic carbocycles. The molecule has 0 unspecified atom stereocenters. The Morgan fingerprint density at radius 1 is 1.03 bits per heavy atom. The quantitative estimate of drug-likeness (QED) is 0.491. The molecule has 38 heavy (non-hydrogen) atoms. The Morgan fingerprint density at radius 2 is 1.82 bits per heavy atom. The zero-order valence-electron chi connectivity index (χ0n) is 22.1. The van der Waals surface area contributed by atoms with Crippen LogP contribution in [-0.4, -0.2) is 101 Å². The number of carbonyl (C=O) groups is 3. The van der Waals surface area contributed by atoms with Crippen LogP contribution in [0.1, 0.15) is 35.9 Å². The van der Waals surface area contributed by atoms with Crippen molar-refractivity contribution in [3.8, 4) is 0 Å². The number of hydrogen-bond acceptors (Lipinski definition) is 7. The van der Waals surface area contributed by atoms with Gasteiger partial charge in [-0.05, 0) is 35.8 Å². The van der Waals surface area contributed by atoms with Gasteiger partial charge in [0.2, 0.25) is 11.8 Å². The SMILES string of the molecule is CC(=O)N1CCN(c2cc(C3=CCCN(C(=O)CCn4ccnn4)C3)cc3cc(C(=O)N(C)C)oc23)CC1. The average Bonchev–Trinajstić information content (AvgIpc) is 3.61. The summed E-state index contributed by atoms with van der Waals surface area (Å²) in [6, 6.07) is 5.92. The van der Waals surface area contributed by atoms with Gasteiger partial charge in [-0.3, -0.25) is 19.1 Å². The van der Waals surface area contributed by atoms with Crippen LogP contribution in [0, 0.1) is 0 Å². The Labute approximate surface area is 221 Å². The minimum Gasteiger partial charge on any atom is -0.449 e. The van der Waals surface area contributed by atoms with Crippen molar-refractivity contribution in [2.24, 2.45) is 0 Å². The molecule has 5 rings (SSSR count). The summed E-state index contributed by atoms with van der Waals surface area (Å²) in [5, 5.41) is 8.58. The van der Waals surface area contributed by atoms with Crippen LogP contribution >= 0.6 is 0 Å². The number of piperazine rings is 1. The predicted molar refractivity (Wildman–Crippen MR) is 143 cm³/mol. The lowest BCUT2D eigenvalue weighted by Crippen LogP contribution is -2.48. The lowest BCUT2D eigenvalue weighted by molar-refractivity contribution is -0.131. The van der Waals surface area contributed by atoms with Gasteiger partial charge in [-0.1, -0.05) is 11.3 Å². The van der Waals surface area contributed by atoms with Crippen molar-refractivity contribution in [2.45, 2.75) is 26.3 Å². The van der Waals surface area contributed by atoms with Gasteiger partial charge in [0.1, 0.15) is 0 Å². The van der Waals surface area contributed by atoms with Gasteiger partial charge in [0, 0.05) is 78.3 Å². The molecule has 0 atom stereocenters. The molecule has 11 heteroatoms. The van der Waals surface area contributed by atoms with Crippen LogP contribution in [0.5, 0.6) is 0 Å². The molecule has 0 spiro atoms. The highest BCUT2D eigenvalue weighted by Crippen LogP contribution is 2.35. The Kier molecular flexibility index (Phi) is 7.17. The van der Waals surface area contributed by atoms with Gasteiger partial charge in [-0.2, -0.15) is 0 Å². The van der Waals surface area contributed by atoms with Crippen molar-refractivity contribution in [1.82, 2.24) is 29.7 Å². The number of anilines is 1. The number of aryl methyl sites for hydroxylation is 1. The maximum absolute atomic E-state index is 13.0. The molecular formula is C27H33N7O4. The Hall–Kier alpha value is -4.15. The van der Waals surface area contributed by atoms with Gasteiger partial charge in [0.25, 0.3) is 5.91 Å². The number of carbonyl (C=O) groups excluding carboxylic acids is 3. The van der Waals surface area contributed by atoms with Crippen LogP contribution in [0.3, 0.4) is 0 Å². The molecule has 0 N–H and O–H groups in total. The van der Waals surface area contributed by atoms with Crippen LogP contribution < -0.4 is 4.90 Å². The molecule has 2 aliphatic heterocycles. The normalized spacial score (nSPS) is 16.1. The second-order valence-electron chi connectivity index (χ2n) is 9.97. The van der Waals surface area contributed by atoms with E-state index in [0.717, 1.165) is 28.6 Å². The molecule has 3 amide bonds. The first-order chi connectivity index (χ1) is 18.3. The first kappa shape index (κ1) is 25.5. The number of aromatic nitrogens is 3. The van der Waals surface area contributed by atoms with Crippen molar-refractivity contribution in [3.63, 3.8) is 0 Å². The Morgan fingerprint density at radius 3 is 2.50 bits per heavy atom. The summed E-state index contributed by atoms with van der Waals surface area (Å²) >= 11 is 0. The topological polar surface area (TPSA) is 108 Å². The summed E-state index contributed by atoms with van der Waals surface area (Å²) in [6.07, 6.45) is 6.67. The molecule has 4 heterocycles. The number of fused-ring (bicyclic) bond motifs is 1. The monoisotopic (exact) mass is 519 g/mol. The summed E-state index contributed by atoms with van der Waals surface area (Å²) in [4.78, 5) is 44.9. The van der Waals surface area contributed by atoms with E-state index >= 15 is 0 Å². The van der Waals surface area contributed by atoms with Crippen LogP contribution in [0.15, 0.2) is 41.1 Å². The fraction of sp³-hybridized carbons (Fsp3) is 0.444. The second-order valence-corrected chi connectivity index (χ2v) is 9.97. The molecule has 3 aromatic rings. The fourth-order valence-corrected chi connectivity index (χ4v) is 5.03. The number of rotatable bonds is 6. The first-order valence-electron chi connectivity index (χ1n) is 12.9. The zero-order valence-corrected chi connectivity index (χ0v) is 22.1. The van der Waals surface area contributed by atoms with Gasteiger partial charge in [-0.15, -0.1) is 5.10 Å². The number of furan rings is 1. The van der Waals surface area contributed by atoms with E-state index in [1.807, 2.05) is 15.9 Å². The first-order valence-corrected chi connectivity index (χ1v) is 12.9. The van der Waals surface area contributed by atoms with Gasteiger partial charge in [-0.25, -0.2) is 0 Å². The third-order valence-electron chi connectivity index (χ3n) is 7.18. The predicted octanol–water partition coefficient (Wildman–Crippen LogP) is 2.10. The van der Waals surface area contributed by atoms with Crippen molar-refractivity contribution in [1.29, 1.82) is 0 Å². The number of hydrogen-bond donors (Lipinski definition) is 0. The van der Waals surface area contributed by atoms with Crippen molar-refractivity contribution in [3.05, 3.63) is 48.0 Å². The van der Waals surface area contributed by atoms with E-state index in [0.29, 0.717) is 57.8 Å². The smallest absolute Gasteiger partial charge is 0.289 e. The molecule has 1 fully saturated rings. The van der Waals surface area contributed by atoms with Crippen molar-refractivity contribution >= 4 is 40.0 Å². The van der Waals surface area contributed by atoms with Gasteiger partial charge < -0.3 is 24.0 Å². The number of benzene rings is 1. The molecule has 11 nitrogen and oxygen atoms in total. The maximum atomic E-state index is 13.0. The molecule has 1 aromatic carbocycles. The van der Waals surface area contributed by atoms with Crippen LogP contribution in [0.2, 0.25) is 0 Å². The van der Waals surface area contributed by atoms with E-state index in [2.05, 4.69) is 27.4 Å². The molecule has 2 aromatic heterocycles. The summed E-state index contributed by atoms with van der Waals surface area (Å²) in [5.74, 6) is 0.237. The van der Waals surface area contributed by atoms with E-state index in [4.69, 9.17) is 4.42 Å². The molecule has 0 radical (unpaired) electrons. The summed E-state index contributed by atoms with van der Waals surface area (Å²) < 4.78 is 7.77. The van der Waals surface area contributed by atoms with Crippen LogP contribution in [-0.2, 0) is 16.1 Å². The lowest BCUT2D eigenvalue weighted by Gasteiger charge is -2.36. The standard InChI is InChI=1S/C27H33N7O4/c1-19(35)31-11-13-32(14-12-31)23-16-21(15-22-17-24(38-26(22)23)27(37)30(2)3)20-5-4-8-33(18-20)25(36)6-9-34-10-7-28-29-34/h5,7,10,15-17H,4,6,8-9,11-14,18H2,1-3H3. The average molecular weight is 520 g/mol. The van der Waals surface area contributed by atoms with E-state index in [1.54, 1.807) is 44.2 Å². The number of amides is 3. The van der Waals surface area contributed by atoms with Crippen molar-refractivity contribution in [2.75, 3.05) is 58.3 Å². The highest BCUT2D eigenvalue weighted by atomic mass is 16.3.